The summed E-state index contributed by atoms with van der Waals surface area (Å²) in [4.78, 5) is 0. The zero-order valence-electron chi connectivity index (χ0n) is 6.39. The average Bonchev–Trinajstić information content (AvgIpc) is 1.97. The number of aliphatic hydroxyl groups is 1. The number of halogens is 3. The Morgan fingerprint density at radius 2 is 2.08 bits per heavy atom. The quantitative estimate of drug-likeness (QED) is 0.664. The number of alkyl halides is 3. The number of hydrogen-bond acceptors (Lipinski definition) is 3. The van der Waals surface area contributed by atoms with Crippen molar-refractivity contribution in [2.24, 2.45) is 0 Å². The predicted octanol–water partition coefficient (Wildman–Crippen LogP) is 0.411. The summed E-state index contributed by atoms with van der Waals surface area (Å²) >= 11 is 0. The molecule has 0 spiro atoms. The maximum absolute atomic E-state index is 11.6. The van der Waals surface area contributed by atoms with Crippen LogP contribution in [0.5, 0.6) is 0 Å². The van der Waals surface area contributed by atoms with Gasteiger partial charge in [-0.2, -0.15) is 18.4 Å². The summed E-state index contributed by atoms with van der Waals surface area (Å²) in [6, 6.07) is 0.990. The van der Waals surface area contributed by atoms with Crippen molar-refractivity contribution >= 4 is 0 Å². The molecule has 0 aliphatic rings. The standard InChI is InChI=1S/C6H9F3N2O/c1-4(2-10)11-3-5(12)6(7,8)9/h4-5,11-12H,3H2,1H3. The molecule has 0 saturated heterocycles. The van der Waals surface area contributed by atoms with E-state index in [0.717, 1.165) is 0 Å². The maximum Gasteiger partial charge on any atom is 0.415 e. The van der Waals surface area contributed by atoms with Crippen molar-refractivity contribution in [3.8, 4) is 6.07 Å². The molecule has 0 aromatic rings. The molecule has 0 radical (unpaired) electrons. The number of nitrogens with one attached hydrogen (secondary N) is 1. The van der Waals surface area contributed by atoms with Gasteiger partial charge in [-0.25, -0.2) is 0 Å². The van der Waals surface area contributed by atoms with Crippen LogP contribution in [-0.4, -0.2) is 30.0 Å². The SMILES string of the molecule is CC(C#N)NCC(O)C(F)(F)F. The molecule has 0 aromatic heterocycles. The Morgan fingerprint density at radius 3 is 2.42 bits per heavy atom. The fourth-order valence-corrected chi connectivity index (χ4v) is 0.450. The average molecular weight is 182 g/mol. The van der Waals surface area contributed by atoms with Gasteiger partial charge in [0.15, 0.2) is 6.10 Å². The summed E-state index contributed by atoms with van der Waals surface area (Å²) in [7, 11) is 0. The molecule has 0 fully saturated rings. The van der Waals surface area contributed by atoms with Crippen molar-refractivity contribution in [2.45, 2.75) is 25.2 Å². The lowest BCUT2D eigenvalue weighted by Gasteiger charge is -2.15. The van der Waals surface area contributed by atoms with Gasteiger partial charge in [0.25, 0.3) is 0 Å². The van der Waals surface area contributed by atoms with E-state index in [-0.39, 0.29) is 0 Å². The highest BCUT2D eigenvalue weighted by Crippen LogP contribution is 2.19. The van der Waals surface area contributed by atoms with Crippen LogP contribution in [0.3, 0.4) is 0 Å². The van der Waals surface area contributed by atoms with E-state index in [1.54, 1.807) is 6.07 Å². The van der Waals surface area contributed by atoms with Crippen LogP contribution in [0.1, 0.15) is 6.92 Å². The second-order valence-corrected chi connectivity index (χ2v) is 2.32. The predicted molar refractivity (Wildman–Crippen MR) is 35.1 cm³/mol. The third-order valence-electron chi connectivity index (χ3n) is 1.19. The fraction of sp³-hybridized carbons (Fsp3) is 0.833. The molecule has 2 unspecified atom stereocenters. The number of rotatable bonds is 3. The molecule has 70 valence electrons. The van der Waals surface area contributed by atoms with Crippen LogP contribution in [0.15, 0.2) is 0 Å². The molecular weight excluding hydrogens is 173 g/mol. The monoisotopic (exact) mass is 182 g/mol. The van der Waals surface area contributed by atoms with E-state index in [2.05, 4.69) is 5.32 Å². The first kappa shape index (κ1) is 11.2. The van der Waals surface area contributed by atoms with E-state index < -0.39 is 24.9 Å². The summed E-state index contributed by atoms with van der Waals surface area (Å²) in [6.45, 7) is 0.751. The second kappa shape index (κ2) is 4.28. The van der Waals surface area contributed by atoms with Gasteiger partial charge in [0, 0.05) is 6.54 Å². The zero-order valence-corrected chi connectivity index (χ0v) is 6.39. The van der Waals surface area contributed by atoms with E-state index in [9.17, 15) is 13.2 Å². The third kappa shape index (κ3) is 4.16. The molecule has 0 rings (SSSR count). The van der Waals surface area contributed by atoms with Crippen molar-refractivity contribution in [2.75, 3.05) is 6.54 Å². The van der Waals surface area contributed by atoms with Gasteiger partial charge in [0.05, 0.1) is 12.1 Å². The summed E-state index contributed by atoms with van der Waals surface area (Å²) < 4.78 is 34.9. The van der Waals surface area contributed by atoms with Crippen molar-refractivity contribution in [1.82, 2.24) is 5.32 Å². The van der Waals surface area contributed by atoms with Crippen LogP contribution >= 0.6 is 0 Å². The summed E-state index contributed by atoms with van der Waals surface area (Å²) in [5.41, 5.74) is 0. The van der Waals surface area contributed by atoms with Gasteiger partial charge in [-0.1, -0.05) is 0 Å². The largest absolute Gasteiger partial charge is 0.415 e. The molecule has 3 nitrogen and oxygen atoms in total. The molecule has 2 atom stereocenters. The summed E-state index contributed by atoms with van der Waals surface area (Å²) in [5, 5.41) is 18.8. The van der Waals surface area contributed by atoms with Crippen LogP contribution in [0.25, 0.3) is 0 Å². The minimum absolute atomic E-state index is 0.655. The molecule has 0 aliphatic heterocycles. The molecule has 0 heterocycles. The molecule has 0 amide bonds. The molecule has 12 heavy (non-hydrogen) atoms. The van der Waals surface area contributed by atoms with Crippen LogP contribution in [0, 0.1) is 11.3 Å². The van der Waals surface area contributed by atoms with Gasteiger partial charge < -0.3 is 5.11 Å². The van der Waals surface area contributed by atoms with Gasteiger partial charge in [0.2, 0.25) is 0 Å². The highest BCUT2D eigenvalue weighted by Gasteiger charge is 2.37. The fourth-order valence-electron chi connectivity index (χ4n) is 0.450. The van der Waals surface area contributed by atoms with Gasteiger partial charge in [-0.3, -0.25) is 5.32 Å². The Hall–Kier alpha value is -0.800. The molecule has 0 aromatic carbocycles. The number of hydrogen-bond donors (Lipinski definition) is 2. The zero-order chi connectivity index (χ0) is 9.78. The van der Waals surface area contributed by atoms with Gasteiger partial charge in [0.1, 0.15) is 0 Å². The highest BCUT2D eigenvalue weighted by molar-refractivity contribution is 4.86. The Labute approximate surface area is 67.8 Å². The molecule has 0 saturated carbocycles. The van der Waals surface area contributed by atoms with E-state index in [0.29, 0.717) is 0 Å². The maximum atomic E-state index is 11.6. The van der Waals surface area contributed by atoms with Crippen molar-refractivity contribution in [3.05, 3.63) is 0 Å². The Kier molecular flexibility index (Phi) is 4.00. The molecule has 0 bridgehead atoms. The highest BCUT2D eigenvalue weighted by atomic mass is 19.4. The number of nitrogens with zero attached hydrogens (tertiary/aromatic N) is 1. The molecular formula is C6H9F3N2O. The first-order chi connectivity index (χ1) is 5.38. The van der Waals surface area contributed by atoms with Crippen molar-refractivity contribution < 1.29 is 18.3 Å². The second-order valence-electron chi connectivity index (χ2n) is 2.32. The lowest BCUT2D eigenvalue weighted by molar-refractivity contribution is -0.201. The van der Waals surface area contributed by atoms with Gasteiger partial charge in [-0.15, -0.1) is 0 Å². The van der Waals surface area contributed by atoms with Crippen molar-refractivity contribution in [1.29, 1.82) is 5.26 Å². The topological polar surface area (TPSA) is 56.0 Å². The van der Waals surface area contributed by atoms with Crippen LogP contribution in [0.4, 0.5) is 13.2 Å². The first-order valence-corrected chi connectivity index (χ1v) is 3.25. The molecule has 6 heteroatoms. The van der Waals surface area contributed by atoms with E-state index in [4.69, 9.17) is 10.4 Å². The normalized spacial score (nSPS) is 16.7. The Bertz CT molecular complexity index is 175. The van der Waals surface area contributed by atoms with E-state index >= 15 is 0 Å². The first-order valence-electron chi connectivity index (χ1n) is 3.25. The van der Waals surface area contributed by atoms with Gasteiger partial charge >= 0.3 is 6.18 Å². The summed E-state index contributed by atoms with van der Waals surface area (Å²) in [5.74, 6) is 0. The Balaban J connectivity index is 3.74. The van der Waals surface area contributed by atoms with Crippen LogP contribution in [0.2, 0.25) is 0 Å². The lowest BCUT2D eigenvalue weighted by atomic mass is 10.3. The minimum Gasteiger partial charge on any atom is -0.382 e. The van der Waals surface area contributed by atoms with Crippen molar-refractivity contribution in [3.63, 3.8) is 0 Å². The smallest absolute Gasteiger partial charge is 0.382 e. The van der Waals surface area contributed by atoms with E-state index in [1.807, 2.05) is 0 Å². The molecule has 0 aliphatic carbocycles. The number of aliphatic hydroxyl groups excluding tert-OH is 1. The summed E-state index contributed by atoms with van der Waals surface area (Å²) in [6.07, 6.45) is -7.03. The van der Waals surface area contributed by atoms with Crippen LogP contribution in [-0.2, 0) is 0 Å². The van der Waals surface area contributed by atoms with E-state index in [1.165, 1.54) is 6.92 Å². The lowest BCUT2D eigenvalue weighted by Crippen LogP contribution is -2.41. The number of nitriles is 1. The minimum atomic E-state index is -4.62. The van der Waals surface area contributed by atoms with Gasteiger partial charge in [-0.05, 0) is 6.92 Å². The molecule has 2 N–H and O–H groups in total. The third-order valence-corrected chi connectivity index (χ3v) is 1.19. The Morgan fingerprint density at radius 1 is 1.58 bits per heavy atom. The van der Waals surface area contributed by atoms with Crippen LogP contribution < -0.4 is 5.32 Å².